The molecule has 1 amide bonds. The minimum atomic E-state index is 0.0302. The number of hydrogen-bond donors (Lipinski definition) is 1. The van der Waals surface area contributed by atoms with Gasteiger partial charge in [0.15, 0.2) is 0 Å². The van der Waals surface area contributed by atoms with Gasteiger partial charge in [-0.15, -0.1) is 0 Å². The van der Waals surface area contributed by atoms with Crippen LogP contribution in [0.5, 0.6) is 5.75 Å². The standard InChI is InChI=1S/C15H22N2O2/c1-3-19-14-5-4-12(16)10-13(14)15(18)17-8-6-11(2)7-9-17/h4-5,10-11H,3,6-9,16H2,1-2H3. The highest BCUT2D eigenvalue weighted by Crippen LogP contribution is 2.25. The van der Waals surface area contributed by atoms with Gasteiger partial charge in [-0.3, -0.25) is 4.79 Å². The normalized spacial score (nSPS) is 16.4. The fourth-order valence-corrected chi connectivity index (χ4v) is 2.38. The highest BCUT2D eigenvalue weighted by molar-refractivity contribution is 5.97. The number of nitrogens with two attached hydrogens (primary N) is 1. The molecule has 0 spiro atoms. The number of benzene rings is 1. The molecule has 104 valence electrons. The summed E-state index contributed by atoms with van der Waals surface area (Å²) in [5, 5.41) is 0. The van der Waals surface area contributed by atoms with E-state index in [4.69, 9.17) is 10.5 Å². The van der Waals surface area contributed by atoms with Crippen LogP contribution in [0, 0.1) is 5.92 Å². The van der Waals surface area contributed by atoms with Crippen LogP contribution in [0.4, 0.5) is 5.69 Å². The van der Waals surface area contributed by atoms with Crippen molar-refractivity contribution < 1.29 is 9.53 Å². The lowest BCUT2D eigenvalue weighted by molar-refractivity contribution is 0.0693. The first-order chi connectivity index (χ1) is 9.11. The van der Waals surface area contributed by atoms with E-state index in [0.29, 0.717) is 29.5 Å². The van der Waals surface area contributed by atoms with Gasteiger partial charge in [0.2, 0.25) is 0 Å². The molecule has 19 heavy (non-hydrogen) atoms. The molecule has 0 bridgehead atoms. The van der Waals surface area contributed by atoms with Crippen LogP contribution in [0.3, 0.4) is 0 Å². The topological polar surface area (TPSA) is 55.6 Å². The molecule has 4 heteroatoms. The minimum Gasteiger partial charge on any atom is -0.493 e. The molecule has 4 nitrogen and oxygen atoms in total. The summed E-state index contributed by atoms with van der Waals surface area (Å²) in [6.45, 7) is 6.32. The van der Waals surface area contributed by atoms with Gasteiger partial charge in [-0.2, -0.15) is 0 Å². The van der Waals surface area contributed by atoms with Crippen molar-refractivity contribution in [3.8, 4) is 5.75 Å². The average Bonchev–Trinajstić information content (AvgIpc) is 2.41. The molecule has 0 saturated carbocycles. The van der Waals surface area contributed by atoms with Gasteiger partial charge >= 0.3 is 0 Å². The summed E-state index contributed by atoms with van der Waals surface area (Å²) in [4.78, 5) is 14.4. The van der Waals surface area contributed by atoms with E-state index in [1.54, 1.807) is 18.2 Å². The molecule has 1 aliphatic heterocycles. The molecule has 2 N–H and O–H groups in total. The zero-order chi connectivity index (χ0) is 13.8. The number of hydrogen-bond acceptors (Lipinski definition) is 3. The largest absolute Gasteiger partial charge is 0.493 e. The Labute approximate surface area is 114 Å². The van der Waals surface area contributed by atoms with Gasteiger partial charge in [-0.05, 0) is 43.9 Å². The molecule has 1 aliphatic rings. The highest BCUT2D eigenvalue weighted by atomic mass is 16.5. The highest BCUT2D eigenvalue weighted by Gasteiger charge is 2.23. The van der Waals surface area contributed by atoms with Crippen LogP contribution in [-0.4, -0.2) is 30.5 Å². The van der Waals surface area contributed by atoms with Gasteiger partial charge < -0.3 is 15.4 Å². The van der Waals surface area contributed by atoms with Crippen molar-refractivity contribution in [2.24, 2.45) is 5.92 Å². The Kier molecular flexibility index (Phi) is 4.30. The van der Waals surface area contributed by atoms with Gasteiger partial charge in [-0.1, -0.05) is 6.92 Å². The second-order valence-electron chi connectivity index (χ2n) is 5.16. The van der Waals surface area contributed by atoms with E-state index in [2.05, 4.69) is 6.92 Å². The monoisotopic (exact) mass is 262 g/mol. The first-order valence-electron chi connectivity index (χ1n) is 6.93. The maximum Gasteiger partial charge on any atom is 0.257 e. The Bertz CT molecular complexity index is 451. The third-order valence-electron chi connectivity index (χ3n) is 3.60. The summed E-state index contributed by atoms with van der Waals surface area (Å²) >= 11 is 0. The second-order valence-corrected chi connectivity index (χ2v) is 5.16. The lowest BCUT2D eigenvalue weighted by Crippen LogP contribution is -2.38. The molecule has 1 fully saturated rings. The average molecular weight is 262 g/mol. The van der Waals surface area contributed by atoms with Crippen molar-refractivity contribution in [1.29, 1.82) is 0 Å². The van der Waals surface area contributed by atoms with E-state index in [1.807, 2.05) is 11.8 Å². The first-order valence-corrected chi connectivity index (χ1v) is 6.93. The van der Waals surface area contributed by atoms with E-state index in [1.165, 1.54) is 0 Å². The maximum atomic E-state index is 12.5. The van der Waals surface area contributed by atoms with E-state index in [-0.39, 0.29) is 5.91 Å². The summed E-state index contributed by atoms with van der Waals surface area (Å²) in [6.07, 6.45) is 2.13. The third kappa shape index (κ3) is 3.19. The number of anilines is 1. The number of carbonyl (C=O) groups excluding carboxylic acids is 1. The van der Waals surface area contributed by atoms with Crippen molar-refractivity contribution >= 4 is 11.6 Å². The van der Waals surface area contributed by atoms with E-state index < -0.39 is 0 Å². The SMILES string of the molecule is CCOc1ccc(N)cc1C(=O)N1CCC(C)CC1. The Morgan fingerprint density at radius 3 is 2.74 bits per heavy atom. The number of rotatable bonds is 3. The zero-order valence-electron chi connectivity index (χ0n) is 11.7. The van der Waals surface area contributed by atoms with Crippen molar-refractivity contribution in [1.82, 2.24) is 4.90 Å². The molecule has 0 atom stereocenters. The Morgan fingerprint density at radius 1 is 1.42 bits per heavy atom. The van der Waals surface area contributed by atoms with Crippen molar-refractivity contribution in [3.63, 3.8) is 0 Å². The predicted molar refractivity (Wildman–Crippen MR) is 76.3 cm³/mol. The van der Waals surface area contributed by atoms with Gasteiger partial charge in [0.05, 0.1) is 12.2 Å². The van der Waals surface area contributed by atoms with E-state index in [9.17, 15) is 4.79 Å². The molecule has 1 heterocycles. The molecule has 0 aliphatic carbocycles. The zero-order valence-corrected chi connectivity index (χ0v) is 11.7. The number of nitrogens with zero attached hydrogens (tertiary/aromatic N) is 1. The minimum absolute atomic E-state index is 0.0302. The van der Waals surface area contributed by atoms with Crippen LogP contribution in [0.1, 0.15) is 37.0 Å². The predicted octanol–water partition coefficient (Wildman–Crippen LogP) is 2.54. The van der Waals surface area contributed by atoms with E-state index in [0.717, 1.165) is 25.9 Å². The second kappa shape index (κ2) is 5.95. The van der Waals surface area contributed by atoms with Crippen LogP contribution in [0.15, 0.2) is 18.2 Å². The number of nitrogen functional groups attached to an aromatic ring is 1. The summed E-state index contributed by atoms with van der Waals surface area (Å²) in [7, 11) is 0. The maximum absolute atomic E-state index is 12.5. The Balaban J connectivity index is 2.20. The lowest BCUT2D eigenvalue weighted by atomic mass is 9.98. The summed E-state index contributed by atoms with van der Waals surface area (Å²) in [6, 6.07) is 5.25. The fraction of sp³-hybridized carbons (Fsp3) is 0.533. The number of carbonyl (C=O) groups is 1. The molecule has 1 aromatic rings. The van der Waals surface area contributed by atoms with Crippen molar-refractivity contribution in [3.05, 3.63) is 23.8 Å². The third-order valence-corrected chi connectivity index (χ3v) is 3.60. The number of amides is 1. The van der Waals surface area contributed by atoms with Gasteiger partial charge in [-0.25, -0.2) is 0 Å². The molecule has 0 aromatic heterocycles. The Morgan fingerprint density at radius 2 is 2.11 bits per heavy atom. The van der Waals surface area contributed by atoms with Crippen LogP contribution in [0.25, 0.3) is 0 Å². The lowest BCUT2D eigenvalue weighted by Gasteiger charge is -2.30. The molecular formula is C15H22N2O2. The van der Waals surface area contributed by atoms with Gasteiger partial charge in [0.25, 0.3) is 5.91 Å². The fourth-order valence-electron chi connectivity index (χ4n) is 2.38. The summed E-state index contributed by atoms with van der Waals surface area (Å²) in [5.74, 6) is 1.36. The smallest absolute Gasteiger partial charge is 0.257 e. The van der Waals surface area contributed by atoms with Gasteiger partial charge in [0.1, 0.15) is 5.75 Å². The van der Waals surface area contributed by atoms with Gasteiger partial charge in [0, 0.05) is 18.8 Å². The molecule has 0 unspecified atom stereocenters. The molecular weight excluding hydrogens is 240 g/mol. The summed E-state index contributed by atoms with van der Waals surface area (Å²) in [5.41, 5.74) is 6.96. The Hall–Kier alpha value is -1.71. The quantitative estimate of drug-likeness (QED) is 0.852. The number of ether oxygens (including phenoxy) is 1. The molecule has 1 aromatic carbocycles. The van der Waals surface area contributed by atoms with Crippen molar-refractivity contribution in [2.45, 2.75) is 26.7 Å². The van der Waals surface area contributed by atoms with Crippen LogP contribution >= 0.6 is 0 Å². The summed E-state index contributed by atoms with van der Waals surface area (Å²) < 4.78 is 5.52. The molecule has 2 rings (SSSR count). The van der Waals surface area contributed by atoms with Crippen molar-refractivity contribution in [2.75, 3.05) is 25.4 Å². The number of likely N-dealkylation sites (tertiary alicyclic amines) is 1. The number of piperidine rings is 1. The van der Waals surface area contributed by atoms with E-state index >= 15 is 0 Å². The van der Waals surface area contributed by atoms with Crippen LogP contribution in [0.2, 0.25) is 0 Å². The van der Waals surface area contributed by atoms with Crippen LogP contribution < -0.4 is 10.5 Å². The molecule has 1 saturated heterocycles. The first kappa shape index (κ1) is 13.7. The van der Waals surface area contributed by atoms with Crippen LogP contribution in [-0.2, 0) is 0 Å². The molecule has 0 radical (unpaired) electrons.